The third-order valence-electron chi connectivity index (χ3n) is 3.28. The molecule has 0 saturated heterocycles. The number of likely N-dealkylation sites (N-methyl/N-ethyl adjacent to an activating group) is 1. The van der Waals surface area contributed by atoms with Gasteiger partial charge >= 0.3 is 0 Å². The molecule has 1 aliphatic carbocycles. The Morgan fingerprint density at radius 2 is 2.00 bits per heavy atom. The van der Waals surface area contributed by atoms with Crippen LogP contribution in [0.4, 0.5) is 5.69 Å². The molecule has 2 aliphatic rings. The van der Waals surface area contributed by atoms with Gasteiger partial charge in [0.15, 0.2) is 0 Å². The van der Waals surface area contributed by atoms with E-state index >= 15 is 0 Å². The lowest BCUT2D eigenvalue weighted by molar-refractivity contribution is 0.731. The lowest BCUT2D eigenvalue weighted by Crippen LogP contribution is -2.18. The van der Waals surface area contributed by atoms with Crippen LogP contribution < -0.4 is 4.90 Å². The van der Waals surface area contributed by atoms with E-state index in [9.17, 15) is 0 Å². The standard InChI is InChI=1S/C11H13N/c1-12-8-11(6-7-11)9-4-2-3-5-10(9)12/h2-5H,6-8H2,1H3. The Hall–Kier alpha value is -0.980. The van der Waals surface area contributed by atoms with Gasteiger partial charge in [-0.1, -0.05) is 18.2 Å². The molecule has 0 N–H and O–H groups in total. The van der Waals surface area contributed by atoms with Crippen molar-refractivity contribution in [3.63, 3.8) is 0 Å². The number of hydrogen-bond acceptors (Lipinski definition) is 1. The van der Waals surface area contributed by atoms with Gasteiger partial charge in [0, 0.05) is 24.7 Å². The third-order valence-corrected chi connectivity index (χ3v) is 3.28. The molecule has 0 unspecified atom stereocenters. The lowest BCUT2D eigenvalue weighted by atomic mass is 9.99. The molecule has 1 spiro atoms. The molecule has 1 fully saturated rings. The van der Waals surface area contributed by atoms with Gasteiger partial charge in [-0.2, -0.15) is 0 Å². The molecule has 1 saturated carbocycles. The molecule has 0 radical (unpaired) electrons. The van der Waals surface area contributed by atoms with Crippen LogP contribution in [0.5, 0.6) is 0 Å². The van der Waals surface area contributed by atoms with Crippen LogP contribution in [0.25, 0.3) is 0 Å². The number of rotatable bonds is 0. The third kappa shape index (κ3) is 0.644. The highest BCUT2D eigenvalue weighted by molar-refractivity contribution is 5.64. The maximum Gasteiger partial charge on any atom is 0.0402 e. The van der Waals surface area contributed by atoms with E-state index in [1.165, 1.54) is 25.1 Å². The molecule has 1 aromatic rings. The Morgan fingerprint density at radius 1 is 1.25 bits per heavy atom. The van der Waals surface area contributed by atoms with Crippen molar-refractivity contribution in [3.05, 3.63) is 29.8 Å². The van der Waals surface area contributed by atoms with E-state index in [2.05, 4.69) is 36.2 Å². The largest absolute Gasteiger partial charge is 0.373 e. The van der Waals surface area contributed by atoms with Crippen molar-refractivity contribution in [2.45, 2.75) is 18.3 Å². The Balaban J connectivity index is 2.21. The molecule has 1 aromatic carbocycles. The second-order valence-corrected chi connectivity index (χ2v) is 4.15. The van der Waals surface area contributed by atoms with Gasteiger partial charge in [0.1, 0.15) is 0 Å². The Kier molecular flexibility index (Phi) is 1.00. The Bertz CT molecular complexity index is 326. The van der Waals surface area contributed by atoms with E-state index in [1.807, 2.05) is 0 Å². The van der Waals surface area contributed by atoms with Crippen LogP contribution in [0.2, 0.25) is 0 Å². The number of fused-ring (bicyclic) bond motifs is 2. The lowest BCUT2D eigenvalue weighted by Gasteiger charge is -2.11. The molecule has 1 heterocycles. The predicted molar refractivity (Wildman–Crippen MR) is 50.6 cm³/mol. The first kappa shape index (κ1) is 6.53. The number of benzene rings is 1. The van der Waals surface area contributed by atoms with E-state index in [-0.39, 0.29) is 0 Å². The van der Waals surface area contributed by atoms with Crippen LogP contribution in [0.3, 0.4) is 0 Å². The van der Waals surface area contributed by atoms with Crippen LogP contribution in [0.1, 0.15) is 18.4 Å². The van der Waals surface area contributed by atoms with Crippen LogP contribution in [-0.4, -0.2) is 13.6 Å². The second kappa shape index (κ2) is 1.85. The molecule has 3 rings (SSSR count). The molecule has 1 nitrogen and oxygen atoms in total. The van der Waals surface area contributed by atoms with Gasteiger partial charge in [0.05, 0.1) is 0 Å². The van der Waals surface area contributed by atoms with Crippen molar-refractivity contribution in [1.82, 2.24) is 0 Å². The molecule has 62 valence electrons. The zero-order valence-electron chi connectivity index (χ0n) is 7.38. The van der Waals surface area contributed by atoms with E-state index in [0.717, 1.165) is 0 Å². The van der Waals surface area contributed by atoms with Crippen molar-refractivity contribution in [2.24, 2.45) is 0 Å². The summed E-state index contributed by atoms with van der Waals surface area (Å²) in [5.74, 6) is 0. The van der Waals surface area contributed by atoms with Crippen molar-refractivity contribution in [3.8, 4) is 0 Å². The number of hydrogen-bond donors (Lipinski definition) is 0. The smallest absolute Gasteiger partial charge is 0.0402 e. The molecule has 0 atom stereocenters. The number of anilines is 1. The molecule has 12 heavy (non-hydrogen) atoms. The summed E-state index contributed by atoms with van der Waals surface area (Å²) >= 11 is 0. The predicted octanol–water partition coefficient (Wildman–Crippen LogP) is 2.17. The average molecular weight is 159 g/mol. The van der Waals surface area contributed by atoms with Gasteiger partial charge in [0.25, 0.3) is 0 Å². The zero-order valence-corrected chi connectivity index (χ0v) is 7.38. The highest BCUT2D eigenvalue weighted by atomic mass is 15.1. The van der Waals surface area contributed by atoms with Gasteiger partial charge < -0.3 is 4.90 Å². The first-order valence-electron chi connectivity index (χ1n) is 4.63. The van der Waals surface area contributed by atoms with Crippen molar-refractivity contribution in [2.75, 3.05) is 18.5 Å². The molecule has 0 aromatic heterocycles. The minimum absolute atomic E-state index is 0.575. The van der Waals surface area contributed by atoms with Gasteiger partial charge in [-0.25, -0.2) is 0 Å². The molecule has 1 aliphatic heterocycles. The normalized spacial score (nSPS) is 22.9. The van der Waals surface area contributed by atoms with Crippen LogP contribution in [0, 0.1) is 0 Å². The quantitative estimate of drug-likeness (QED) is 0.560. The highest BCUT2D eigenvalue weighted by Gasteiger charge is 2.50. The summed E-state index contributed by atoms with van der Waals surface area (Å²) < 4.78 is 0. The fourth-order valence-corrected chi connectivity index (χ4v) is 2.46. The summed E-state index contributed by atoms with van der Waals surface area (Å²) in [7, 11) is 2.20. The van der Waals surface area contributed by atoms with Gasteiger partial charge in [-0.15, -0.1) is 0 Å². The summed E-state index contributed by atoms with van der Waals surface area (Å²) in [4.78, 5) is 2.39. The fourth-order valence-electron chi connectivity index (χ4n) is 2.46. The van der Waals surface area contributed by atoms with Crippen LogP contribution >= 0.6 is 0 Å². The summed E-state index contributed by atoms with van der Waals surface area (Å²) in [5, 5.41) is 0. The molecular weight excluding hydrogens is 146 g/mol. The molecule has 0 bridgehead atoms. The summed E-state index contributed by atoms with van der Waals surface area (Å²) in [6.45, 7) is 1.24. The Labute approximate surface area is 73.0 Å². The summed E-state index contributed by atoms with van der Waals surface area (Å²) in [6.07, 6.45) is 2.79. The summed E-state index contributed by atoms with van der Waals surface area (Å²) in [6, 6.07) is 8.84. The van der Waals surface area contributed by atoms with Crippen LogP contribution in [0.15, 0.2) is 24.3 Å². The maximum absolute atomic E-state index is 2.39. The molecular formula is C11H13N. The SMILES string of the molecule is CN1CC2(CC2)c2ccccc21. The number of para-hydroxylation sites is 1. The number of nitrogens with zero attached hydrogens (tertiary/aromatic N) is 1. The van der Waals surface area contributed by atoms with Crippen molar-refractivity contribution < 1.29 is 0 Å². The second-order valence-electron chi connectivity index (χ2n) is 4.15. The van der Waals surface area contributed by atoms with Crippen molar-refractivity contribution in [1.29, 1.82) is 0 Å². The zero-order chi connectivity index (χ0) is 8.18. The first-order valence-corrected chi connectivity index (χ1v) is 4.63. The topological polar surface area (TPSA) is 3.24 Å². The highest BCUT2D eigenvalue weighted by Crippen LogP contribution is 2.55. The van der Waals surface area contributed by atoms with E-state index < -0.39 is 0 Å². The van der Waals surface area contributed by atoms with Gasteiger partial charge in [-0.3, -0.25) is 0 Å². The molecule has 0 amide bonds. The van der Waals surface area contributed by atoms with E-state index in [4.69, 9.17) is 0 Å². The van der Waals surface area contributed by atoms with Gasteiger partial charge in [-0.05, 0) is 24.5 Å². The first-order chi connectivity index (χ1) is 5.82. The molecule has 1 heteroatoms. The van der Waals surface area contributed by atoms with Crippen molar-refractivity contribution >= 4 is 5.69 Å². The monoisotopic (exact) mass is 159 g/mol. The minimum atomic E-state index is 0.575. The average Bonchev–Trinajstić information content (AvgIpc) is 2.79. The maximum atomic E-state index is 2.39. The fraction of sp³-hybridized carbons (Fsp3) is 0.455. The Morgan fingerprint density at radius 3 is 2.75 bits per heavy atom. The van der Waals surface area contributed by atoms with E-state index in [1.54, 1.807) is 5.56 Å². The van der Waals surface area contributed by atoms with E-state index in [0.29, 0.717) is 5.41 Å². The minimum Gasteiger partial charge on any atom is -0.373 e. The summed E-state index contributed by atoms with van der Waals surface area (Å²) in [5.41, 5.74) is 3.62. The van der Waals surface area contributed by atoms with Crippen LogP contribution in [-0.2, 0) is 5.41 Å². The van der Waals surface area contributed by atoms with Gasteiger partial charge in [0.2, 0.25) is 0 Å².